The number of hydrogen-bond acceptors (Lipinski definition) is 0. The van der Waals surface area contributed by atoms with E-state index in [2.05, 4.69) is 143 Å². The Bertz CT molecular complexity index is 3100. The number of fused-ring (bicyclic) bond motifs is 7. The molecular formula is C48H32N2. The van der Waals surface area contributed by atoms with Crippen molar-refractivity contribution in [1.82, 2.24) is 9.13 Å². The topological polar surface area (TPSA) is 9.86 Å². The van der Waals surface area contributed by atoms with Gasteiger partial charge in [-0.1, -0.05) is 158 Å². The Morgan fingerprint density at radius 2 is 0.800 bits per heavy atom. The number of aromatic nitrogens is 2. The first-order valence-electron chi connectivity index (χ1n) is 19.3. The number of benzene rings is 8. The first-order valence-corrected chi connectivity index (χ1v) is 16.8. The standard InChI is InChI=1S/C48H32N2/c1-3-12-33(13-4-1)35-22-24-37(25-23-35)38-16-11-17-40(32-38)50-46-21-10-8-19-42(46)44-31-30-43-41-18-7-9-20-45(41)49(47(43)48(44)50)39-28-26-36(27-29-39)34-14-5-2-6-15-34/h1-32H/i2D,5D,6D,14D,15D. The Morgan fingerprint density at radius 1 is 0.320 bits per heavy atom. The van der Waals surface area contributed by atoms with Gasteiger partial charge in [-0.25, -0.2) is 0 Å². The van der Waals surface area contributed by atoms with E-state index in [-0.39, 0.29) is 29.7 Å². The van der Waals surface area contributed by atoms with Gasteiger partial charge in [-0.05, 0) is 69.8 Å². The summed E-state index contributed by atoms with van der Waals surface area (Å²) in [6.07, 6.45) is 0. The number of nitrogens with zero attached hydrogens (tertiary/aromatic N) is 2. The molecule has 234 valence electrons. The quantitative estimate of drug-likeness (QED) is 0.177. The largest absolute Gasteiger partial charge is 0.307 e. The van der Waals surface area contributed by atoms with Crippen LogP contribution in [0.5, 0.6) is 0 Å². The van der Waals surface area contributed by atoms with Gasteiger partial charge in [0.2, 0.25) is 0 Å². The first-order chi connectivity index (χ1) is 26.9. The van der Waals surface area contributed by atoms with E-state index in [1.54, 1.807) is 0 Å². The van der Waals surface area contributed by atoms with E-state index in [0.29, 0.717) is 5.56 Å². The van der Waals surface area contributed by atoms with Crippen molar-refractivity contribution in [3.05, 3.63) is 194 Å². The van der Waals surface area contributed by atoms with Crippen LogP contribution in [-0.4, -0.2) is 9.13 Å². The molecule has 0 radical (unpaired) electrons. The van der Waals surface area contributed by atoms with E-state index < -0.39 is 6.04 Å². The lowest BCUT2D eigenvalue weighted by Crippen LogP contribution is -1.99. The normalized spacial score (nSPS) is 13.0. The number of rotatable bonds is 5. The van der Waals surface area contributed by atoms with Crippen LogP contribution in [0.1, 0.15) is 6.85 Å². The van der Waals surface area contributed by atoms with Crippen LogP contribution in [0.2, 0.25) is 0 Å². The fourth-order valence-electron chi connectivity index (χ4n) is 7.52. The van der Waals surface area contributed by atoms with Crippen molar-refractivity contribution < 1.29 is 6.85 Å². The molecule has 0 amide bonds. The summed E-state index contributed by atoms with van der Waals surface area (Å²) >= 11 is 0. The van der Waals surface area contributed by atoms with Gasteiger partial charge in [-0.15, -0.1) is 0 Å². The molecular weight excluding hydrogens is 605 g/mol. The van der Waals surface area contributed by atoms with Crippen molar-refractivity contribution in [3.63, 3.8) is 0 Å². The molecule has 0 aliphatic carbocycles. The molecule has 0 N–H and O–H groups in total. The monoisotopic (exact) mass is 641 g/mol. The molecule has 10 aromatic rings. The van der Waals surface area contributed by atoms with Gasteiger partial charge in [0, 0.05) is 32.9 Å². The molecule has 0 aliphatic heterocycles. The Hall–Kier alpha value is -6.64. The summed E-state index contributed by atoms with van der Waals surface area (Å²) in [5, 5.41) is 4.54. The molecule has 2 heterocycles. The molecule has 0 fully saturated rings. The lowest BCUT2D eigenvalue weighted by molar-refractivity contribution is 1.15. The number of para-hydroxylation sites is 2. The highest BCUT2D eigenvalue weighted by molar-refractivity contribution is 6.23. The molecule has 50 heavy (non-hydrogen) atoms. The third-order valence-electron chi connectivity index (χ3n) is 9.81. The van der Waals surface area contributed by atoms with Gasteiger partial charge in [-0.2, -0.15) is 0 Å². The molecule has 8 aromatic carbocycles. The summed E-state index contributed by atoms with van der Waals surface area (Å²) in [5.41, 5.74) is 11.6. The summed E-state index contributed by atoms with van der Waals surface area (Å²) in [6.45, 7) is 0. The lowest BCUT2D eigenvalue weighted by atomic mass is 10.00. The maximum Gasteiger partial charge on any atom is 0.0788 e. The van der Waals surface area contributed by atoms with Gasteiger partial charge in [0.15, 0.2) is 0 Å². The van der Waals surface area contributed by atoms with Crippen molar-refractivity contribution in [2.75, 3.05) is 0 Å². The second-order valence-electron chi connectivity index (χ2n) is 12.6. The van der Waals surface area contributed by atoms with Gasteiger partial charge in [0.25, 0.3) is 0 Å². The Kier molecular flexibility index (Phi) is 5.44. The van der Waals surface area contributed by atoms with Crippen molar-refractivity contribution in [1.29, 1.82) is 0 Å². The van der Waals surface area contributed by atoms with Gasteiger partial charge in [0.05, 0.1) is 28.9 Å². The summed E-state index contributed by atoms with van der Waals surface area (Å²) < 4.78 is 46.3. The van der Waals surface area contributed by atoms with Crippen LogP contribution in [0.15, 0.2) is 194 Å². The zero-order valence-electron chi connectivity index (χ0n) is 32.0. The maximum atomic E-state index is 8.56. The summed E-state index contributed by atoms with van der Waals surface area (Å²) in [7, 11) is 0. The van der Waals surface area contributed by atoms with E-state index in [4.69, 9.17) is 6.85 Å². The van der Waals surface area contributed by atoms with E-state index >= 15 is 0 Å². The molecule has 0 saturated carbocycles. The highest BCUT2D eigenvalue weighted by Crippen LogP contribution is 2.42. The summed E-state index contributed by atoms with van der Waals surface area (Å²) in [4.78, 5) is 0. The molecule has 2 nitrogen and oxygen atoms in total. The van der Waals surface area contributed by atoms with Crippen molar-refractivity contribution >= 4 is 43.6 Å². The van der Waals surface area contributed by atoms with Gasteiger partial charge < -0.3 is 9.13 Å². The minimum absolute atomic E-state index is 0.192. The second kappa shape index (κ2) is 11.5. The van der Waals surface area contributed by atoms with Gasteiger partial charge in [-0.3, -0.25) is 0 Å². The molecule has 0 aliphatic rings. The van der Waals surface area contributed by atoms with Crippen LogP contribution < -0.4 is 0 Å². The van der Waals surface area contributed by atoms with Crippen LogP contribution >= 0.6 is 0 Å². The minimum atomic E-state index is -0.397. The van der Waals surface area contributed by atoms with Gasteiger partial charge in [0.1, 0.15) is 0 Å². The Labute approximate surface area is 297 Å². The van der Waals surface area contributed by atoms with Crippen molar-refractivity contribution in [3.8, 4) is 44.8 Å². The molecule has 0 bridgehead atoms. The molecule has 0 atom stereocenters. The van der Waals surface area contributed by atoms with E-state index in [0.717, 1.165) is 66.1 Å². The maximum absolute atomic E-state index is 8.56. The molecule has 10 rings (SSSR count). The predicted molar refractivity (Wildman–Crippen MR) is 211 cm³/mol. The van der Waals surface area contributed by atoms with Crippen LogP contribution in [0, 0.1) is 0 Å². The second-order valence-corrected chi connectivity index (χ2v) is 12.6. The third kappa shape index (κ3) is 4.50. The fourth-order valence-corrected chi connectivity index (χ4v) is 7.52. The summed E-state index contributed by atoms with van der Waals surface area (Å²) in [5.74, 6) is 0. The van der Waals surface area contributed by atoms with Crippen LogP contribution in [0.25, 0.3) is 88.4 Å². The average Bonchev–Trinajstić information content (AvgIpc) is 3.76. The first kappa shape index (κ1) is 23.6. The number of hydrogen-bond donors (Lipinski definition) is 0. The van der Waals surface area contributed by atoms with Crippen molar-refractivity contribution in [2.45, 2.75) is 0 Å². The van der Waals surface area contributed by atoms with Gasteiger partial charge >= 0.3 is 0 Å². The SMILES string of the molecule is [2H]c1c([2H])c([2H])c(-c2ccc(-n3c4ccccc4c4ccc5c6ccccc6n(-c6cccc(-c7ccc(-c8ccccc8)cc7)c6)c5c43)cc2)c([2H])c1[2H]. The zero-order chi connectivity index (χ0) is 37.4. The van der Waals surface area contributed by atoms with Crippen molar-refractivity contribution in [2.24, 2.45) is 0 Å². The molecule has 2 aromatic heterocycles. The third-order valence-corrected chi connectivity index (χ3v) is 9.81. The molecule has 2 heteroatoms. The van der Waals surface area contributed by atoms with Crippen LogP contribution in [-0.2, 0) is 0 Å². The molecule has 0 unspecified atom stereocenters. The van der Waals surface area contributed by atoms with E-state index in [9.17, 15) is 0 Å². The Morgan fingerprint density at radius 3 is 1.44 bits per heavy atom. The van der Waals surface area contributed by atoms with E-state index in [1.165, 1.54) is 11.1 Å². The zero-order valence-corrected chi connectivity index (χ0v) is 27.0. The smallest absolute Gasteiger partial charge is 0.0788 e. The molecule has 0 spiro atoms. The van der Waals surface area contributed by atoms with E-state index in [1.807, 2.05) is 30.3 Å². The highest BCUT2D eigenvalue weighted by atomic mass is 15.0. The minimum Gasteiger partial charge on any atom is -0.307 e. The molecule has 0 saturated heterocycles. The Balaban J connectivity index is 1.20. The van der Waals surface area contributed by atoms with Crippen LogP contribution in [0.4, 0.5) is 0 Å². The van der Waals surface area contributed by atoms with Crippen LogP contribution in [0.3, 0.4) is 0 Å². The lowest BCUT2D eigenvalue weighted by Gasteiger charge is -2.14. The predicted octanol–water partition coefficient (Wildman–Crippen LogP) is 12.9. The highest BCUT2D eigenvalue weighted by Gasteiger charge is 2.21. The average molecular weight is 642 g/mol. The summed E-state index contributed by atoms with van der Waals surface area (Å²) in [6, 6.07) is 55.5. The fraction of sp³-hybridized carbons (Fsp3) is 0.